The van der Waals surface area contributed by atoms with Crippen molar-refractivity contribution in [1.82, 2.24) is 5.32 Å². The molecule has 52 valence electrons. The average molecular weight is 127 g/mol. The molecule has 1 fully saturated rings. The molecule has 0 unspecified atom stereocenters. The molecular weight excluding hydrogens is 114 g/mol. The molecule has 1 aliphatic heterocycles. The number of carbonyl (C=O) groups is 1. The summed E-state index contributed by atoms with van der Waals surface area (Å²) in [5.74, 6) is 1.11. The number of amides is 1. The van der Waals surface area contributed by atoms with Crippen molar-refractivity contribution >= 4 is 5.91 Å². The first-order valence-electron chi connectivity index (χ1n) is 3.48. The van der Waals surface area contributed by atoms with Crippen molar-refractivity contribution in [3.63, 3.8) is 0 Å². The third-order valence-electron chi connectivity index (χ3n) is 1.83. The fraction of sp³-hybridized carbons (Fsp3) is 0.857. The Hall–Kier alpha value is -0.530. The van der Waals surface area contributed by atoms with Crippen LogP contribution in [0.2, 0.25) is 0 Å². The van der Waals surface area contributed by atoms with E-state index >= 15 is 0 Å². The van der Waals surface area contributed by atoms with Crippen LogP contribution in [0.25, 0.3) is 0 Å². The molecule has 2 nitrogen and oxygen atoms in total. The summed E-state index contributed by atoms with van der Waals surface area (Å²) >= 11 is 0. The average Bonchev–Trinajstić information content (AvgIpc) is 1.80. The topological polar surface area (TPSA) is 29.1 Å². The summed E-state index contributed by atoms with van der Waals surface area (Å²) in [5.41, 5.74) is 0. The predicted molar refractivity (Wildman–Crippen MR) is 36.0 cm³/mol. The molecule has 0 aromatic rings. The fourth-order valence-electron chi connectivity index (χ4n) is 1.24. The summed E-state index contributed by atoms with van der Waals surface area (Å²) in [7, 11) is 0. The second-order valence-electron chi connectivity index (χ2n) is 2.99. The molecule has 1 saturated heterocycles. The van der Waals surface area contributed by atoms with Crippen LogP contribution in [0.15, 0.2) is 0 Å². The van der Waals surface area contributed by atoms with E-state index in [0.717, 1.165) is 13.0 Å². The van der Waals surface area contributed by atoms with E-state index in [1.54, 1.807) is 0 Å². The SMILES string of the molecule is C[C@H]1CNC(=O)[C@H](C)C1. The molecule has 0 saturated carbocycles. The molecule has 0 aromatic carbocycles. The van der Waals surface area contributed by atoms with Gasteiger partial charge in [0, 0.05) is 12.5 Å². The number of hydrogen-bond donors (Lipinski definition) is 1. The Morgan fingerprint density at radius 2 is 2.22 bits per heavy atom. The first-order chi connectivity index (χ1) is 4.20. The van der Waals surface area contributed by atoms with E-state index in [0.29, 0.717) is 5.92 Å². The third-order valence-corrected chi connectivity index (χ3v) is 1.83. The van der Waals surface area contributed by atoms with Crippen molar-refractivity contribution in [3.8, 4) is 0 Å². The predicted octanol–water partition coefficient (Wildman–Crippen LogP) is 0.778. The van der Waals surface area contributed by atoms with Crippen LogP contribution in [0.4, 0.5) is 0 Å². The fourth-order valence-corrected chi connectivity index (χ4v) is 1.24. The summed E-state index contributed by atoms with van der Waals surface area (Å²) in [6.45, 7) is 5.00. The molecule has 0 spiro atoms. The normalized spacial score (nSPS) is 36.0. The zero-order valence-corrected chi connectivity index (χ0v) is 5.98. The van der Waals surface area contributed by atoms with Gasteiger partial charge in [-0.15, -0.1) is 0 Å². The van der Waals surface area contributed by atoms with Crippen molar-refractivity contribution in [3.05, 3.63) is 0 Å². The Kier molecular flexibility index (Phi) is 1.74. The monoisotopic (exact) mass is 127 g/mol. The zero-order valence-electron chi connectivity index (χ0n) is 5.98. The van der Waals surface area contributed by atoms with E-state index < -0.39 is 0 Å². The van der Waals surface area contributed by atoms with Crippen LogP contribution in [0.5, 0.6) is 0 Å². The molecule has 2 heteroatoms. The smallest absolute Gasteiger partial charge is 0.222 e. The highest BCUT2D eigenvalue weighted by Gasteiger charge is 2.21. The Balaban J connectivity index is 2.44. The summed E-state index contributed by atoms with van der Waals surface area (Å²) in [6.07, 6.45) is 1.05. The highest BCUT2D eigenvalue weighted by Crippen LogP contribution is 2.15. The van der Waals surface area contributed by atoms with E-state index in [1.807, 2.05) is 6.92 Å². The van der Waals surface area contributed by atoms with Gasteiger partial charge in [0.2, 0.25) is 5.91 Å². The van der Waals surface area contributed by atoms with Crippen LogP contribution < -0.4 is 5.32 Å². The van der Waals surface area contributed by atoms with Crippen LogP contribution in [0.1, 0.15) is 20.3 Å². The van der Waals surface area contributed by atoms with Crippen molar-refractivity contribution in [2.24, 2.45) is 11.8 Å². The number of nitrogens with one attached hydrogen (secondary N) is 1. The molecule has 0 bridgehead atoms. The van der Waals surface area contributed by atoms with Crippen LogP contribution in [-0.4, -0.2) is 12.5 Å². The van der Waals surface area contributed by atoms with Gasteiger partial charge in [-0.1, -0.05) is 13.8 Å². The third kappa shape index (κ3) is 1.44. The van der Waals surface area contributed by atoms with Gasteiger partial charge in [-0.05, 0) is 12.3 Å². The lowest BCUT2D eigenvalue weighted by Crippen LogP contribution is -2.39. The van der Waals surface area contributed by atoms with E-state index in [-0.39, 0.29) is 11.8 Å². The number of piperidine rings is 1. The van der Waals surface area contributed by atoms with Crippen molar-refractivity contribution in [2.45, 2.75) is 20.3 Å². The Morgan fingerprint density at radius 3 is 2.67 bits per heavy atom. The van der Waals surface area contributed by atoms with E-state index in [4.69, 9.17) is 0 Å². The quantitative estimate of drug-likeness (QED) is 0.512. The number of rotatable bonds is 0. The minimum absolute atomic E-state index is 0.216. The molecule has 9 heavy (non-hydrogen) atoms. The summed E-state index contributed by atoms with van der Waals surface area (Å²) in [6, 6.07) is 0. The molecule has 1 rings (SSSR count). The highest BCUT2D eigenvalue weighted by molar-refractivity contribution is 5.78. The lowest BCUT2D eigenvalue weighted by molar-refractivity contribution is -0.126. The minimum atomic E-state index is 0.216. The molecule has 1 aliphatic rings. The van der Waals surface area contributed by atoms with Gasteiger partial charge in [-0.3, -0.25) is 4.79 Å². The zero-order chi connectivity index (χ0) is 6.85. The Morgan fingerprint density at radius 1 is 1.56 bits per heavy atom. The number of carbonyl (C=O) groups excluding carboxylic acids is 1. The summed E-state index contributed by atoms with van der Waals surface area (Å²) in [4.78, 5) is 10.8. The van der Waals surface area contributed by atoms with Gasteiger partial charge < -0.3 is 5.32 Å². The molecule has 0 radical (unpaired) electrons. The maximum Gasteiger partial charge on any atom is 0.222 e. The molecule has 1 amide bonds. The maximum atomic E-state index is 10.8. The second kappa shape index (κ2) is 2.38. The van der Waals surface area contributed by atoms with Crippen LogP contribution in [-0.2, 0) is 4.79 Å². The van der Waals surface area contributed by atoms with E-state index in [1.165, 1.54) is 0 Å². The van der Waals surface area contributed by atoms with E-state index in [2.05, 4.69) is 12.2 Å². The molecule has 1 N–H and O–H groups in total. The minimum Gasteiger partial charge on any atom is -0.356 e. The molecule has 2 atom stereocenters. The van der Waals surface area contributed by atoms with Crippen molar-refractivity contribution in [1.29, 1.82) is 0 Å². The standard InChI is InChI=1S/C7H13NO/c1-5-3-6(2)7(9)8-4-5/h5-6H,3-4H2,1-2H3,(H,8,9)/t5-,6-/m1/s1. The first kappa shape index (κ1) is 6.59. The van der Waals surface area contributed by atoms with Gasteiger partial charge in [-0.2, -0.15) is 0 Å². The van der Waals surface area contributed by atoms with E-state index in [9.17, 15) is 4.79 Å². The largest absolute Gasteiger partial charge is 0.356 e. The maximum absolute atomic E-state index is 10.8. The van der Waals surface area contributed by atoms with Crippen LogP contribution in [0, 0.1) is 11.8 Å². The lowest BCUT2D eigenvalue weighted by atomic mass is 9.93. The van der Waals surface area contributed by atoms with Crippen molar-refractivity contribution < 1.29 is 4.79 Å². The van der Waals surface area contributed by atoms with Crippen molar-refractivity contribution in [2.75, 3.05) is 6.54 Å². The molecule has 0 aromatic heterocycles. The summed E-state index contributed by atoms with van der Waals surface area (Å²) < 4.78 is 0. The van der Waals surface area contributed by atoms with Gasteiger partial charge >= 0.3 is 0 Å². The van der Waals surface area contributed by atoms with Gasteiger partial charge in [-0.25, -0.2) is 0 Å². The molecule has 0 aliphatic carbocycles. The Bertz CT molecular complexity index is 122. The summed E-state index contributed by atoms with van der Waals surface area (Å²) in [5, 5.41) is 2.84. The Labute approximate surface area is 55.6 Å². The molecule has 1 heterocycles. The van der Waals surface area contributed by atoms with Crippen LogP contribution >= 0.6 is 0 Å². The highest BCUT2D eigenvalue weighted by atomic mass is 16.1. The van der Waals surface area contributed by atoms with Gasteiger partial charge in [0.05, 0.1) is 0 Å². The van der Waals surface area contributed by atoms with Gasteiger partial charge in [0.1, 0.15) is 0 Å². The van der Waals surface area contributed by atoms with Crippen LogP contribution in [0.3, 0.4) is 0 Å². The molecular formula is C7H13NO. The lowest BCUT2D eigenvalue weighted by Gasteiger charge is -2.23. The second-order valence-corrected chi connectivity index (χ2v) is 2.99. The first-order valence-corrected chi connectivity index (χ1v) is 3.48. The number of hydrogen-bond acceptors (Lipinski definition) is 1. The van der Waals surface area contributed by atoms with Gasteiger partial charge in [0.25, 0.3) is 0 Å². The van der Waals surface area contributed by atoms with Gasteiger partial charge in [0.15, 0.2) is 0 Å².